The molecule has 1 aliphatic heterocycles. The van der Waals surface area contributed by atoms with Crippen molar-refractivity contribution in [3.63, 3.8) is 0 Å². The number of aromatic nitrogens is 3. The Balaban J connectivity index is 1.43. The lowest BCUT2D eigenvalue weighted by Crippen LogP contribution is -2.77. The molecule has 1 fully saturated rings. The number of hydrogen-bond acceptors (Lipinski definition) is 7. The summed E-state index contributed by atoms with van der Waals surface area (Å²) in [5.41, 5.74) is -0.670. The highest BCUT2D eigenvalue weighted by molar-refractivity contribution is 5.93. The van der Waals surface area contributed by atoms with Crippen molar-refractivity contribution in [1.82, 2.24) is 30.3 Å². The molecule has 0 aliphatic carbocycles. The molecule has 0 bridgehead atoms. The van der Waals surface area contributed by atoms with E-state index in [-0.39, 0.29) is 19.7 Å². The van der Waals surface area contributed by atoms with Gasteiger partial charge in [0.05, 0.1) is 31.5 Å². The molecule has 1 aliphatic rings. The first-order chi connectivity index (χ1) is 18.4. The number of halogens is 1. The molecule has 1 saturated heterocycles. The van der Waals surface area contributed by atoms with Gasteiger partial charge in [-0.2, -0.15) is 5.10 Å². The van der Waals surface area contributed by atoms with Gasteiger partial charge in [0.15, 0.2) is 17.2 Å². The van der Waals surface area contributed by atoms with E-state index in [2.05, 4.69) is 20.7 Å². The van der Waals surface area contributed by atoms with Crippen LogP contribution in [-0.4, -0.2) is 62.0 Å². The van der Waals surface area contributed by atoms with Crippen molar-refractivity contribution in [2.45, 2.75) is 51.5 Å². The number of benzene rings is 1. The van der Waals surface area contributed by atoms with Crippen molar-refractivity contribution in [3.05, 3.63) is 78.0 Å². The van der Waals surface area contributed by atoms with Crippen molar-refractivity contribution < 1.29 is 28.2 Å². The molecule has 0 unspecified atom stereocenters. The zero-order chi connectivity index (χ0) is 28.2. The molecule has 4 rings (SSSR count). The van der Waals surface area contributed by atoms with E-state index >= 15 is 0 Å². The predicted molar refractivity (Wildman–Crippen MR) is 138 cm³/mol. The summed E-state index contributed by atoms with van der Waals surface area (Å²) < 4.78 is 25.3. The molecule has 11 nitrogen and oxygen atoms in total. The first-order valence-corrected chi connectivity index (χ1v) is 12.4. The number of nitrogens with zero attached hydrogens (tertiary/aromatic N) is 4. The average molecular weight is 539 g/mol. The third-order valence-electron chi connectivity index (χ3n) is 5.97. The summed E-state index contributed by atoms with van der Waals surface area (Å²) >= 11 is 0. The van der Waals surface area contributed by atoms with Crippen LogP contribution in [0.3, 0.4) is 0 Å². The van der Waals surface area contributed by atoms with E-state index < -0.39 is 41.1 Å². The molecule has 206 valence electrons. The lowest BCUT2D eigenvalue weighted by Gasteiger charge is -2.48. The van der Waals surface area contributed by atoms with Crippen LogP contribution in [0.5, 0.6) is 0 Å². The molecule has 3 amide bonds. The van der Waals surface area contributed by atoms with Crippen LogP contribution in [0.2, 0.25) is 0 Å². The van der Waals surface area contributed by atoms with Gasteiger partial charge in [-0.3, -0.25) is 4.79 Å². The Kier molecular flexibility index (Phi) is 7.84. The number of amides is 3. The normalized spacial score (nSPS) is 15.1. The summed E-state index contributed by atoms with van der Waals surface area (Å²) in [7, 11) is 0. The van der Waals surface area contributed by atoms with Gasteiger partial charge in [0.25, 0.3) is 0 Å². The number of rotatable bonds is 7. The Labute approximate surface area is 225 Å². The first kappa shape index (κ1) is 27.6. The van der Waals surface area contributed by atoms with Crippen LogP contribution in [-0.2, 0) is 20.9 Å². The third kappa shape index (κ3) is 6.89. The smallest absolute Gasteiger partial charge is 0.410 e. The fraction of sp³-hybridized carbons (Fsp3) is 0.370. The average Bonchev–Trinajstić information content (AvgIpc) is 3.30. The molecule has 2 aromatic heterocycles. The summed E-state index contributed by atoms with van der Waals surface area (Å²) in [5, 5.41) is 9.41. The zero-order valence-corrected chi connectivity index (χ0v) is 22.2. The number of hydrogen-bond donors (Lipinski definition) is 2. The molecule has 39 heavy (non-hydrogen) atoms. The van der Waals surface area contributed by atoms with Gasteiger partial charge >= 0.3 is 12.2 Å². The van der Waals surface area contributed by atoms with Gasteiger partial charge < -0.3 is 25.0 Å². The van der Waals surface area contributed by atoms with Gasteiger partial charge in [-0.1, -0.05) is 36.4 Å². The van der Waals surface area contributed by atoms with E-state index in [1.807, 2.05) is 30.3 Å². The maximum Gasteiger partial charge on any atom is 0.410 e. The van der Waals surface area contributed by atoms with E-state index in [0.29, 0.717) is 11.4 Å². The Morgan fingerprint density at radius 1 is 1.10 bits per heavy atom. The monoisotopic (exact) mass is 538 g/mol. The zero-order valence-electron chi connectivity index (χ0n) is 22.2. The molecule has 3 heterocycles. The van der Waals surface area contributed by atoms with Gasteiger partial charge in [-0.05, 0) is 44.9 Å². The SMILES string of the molecule is C[C@H](NC(=O)C1(NC(=O)OCc2ccccc2)CN(C(=O)OC(C)(C)C)C1)c1ccc(-n2cc(F)cn2)nc1. The van der Waals surface area contributed by atoms with Gasteiger partial charge in [0.2, 0.25) is 5.91 Å². The van der Waals surface area contributed by atoms with E-state index in [4.69, 9.17) is 9.47 Å². The number of alkyl carbamates (subject to hydrolysis) is 1. The summed E-state index contributed by atoms with van der Waals surface area (Å²) in [5.74, 6) is -0.570. The van der Waals surface area contributed by atoms with E-state index in [9.17, 15) is 18.8 Å². The number of carbonyl (C=O) groups excluding carboxylic acids is 3. The Morgan fingerprint density at radius 3 is 2.41 bits per heavy atom. The minimum absolute atomic E-state index is 0.0225. The van der Waals surface area contributed by atoms with Crippen LogP contribution < -0.4 is 10.6 Å². The standard InChI is InChI=1S/C27H31FN6O5/c1-18(20-10-11-22(29-12-20)34-14-21(28)13-30-34)31-23(35)27(16-33(17-27)25(37)39-26(2,3)4)32-24(36)38-15-19-8-6-5-7-9-19/h5-14,18H,15-17H2,1-4H3,(H,31,35)(H,32,36)/t18-/m0/s1. The molecule has 0 radical (unpaired) electrons. The molecule has 12 heteroatoms. The van der Waals surface area contributed by atoms with Crippen LogP contribution in [0.15, 0.2) is 61.1 Å². The lowest BCUT2D eigenvalue weighted by molar-refractivity contribution is -0.134. The number of ether oxygens (including phenoxy) is 2. The van der Waals surface area contributed by atoms with Crippen molar-refractivity contribution >= 4 is 18.1 Å². The van der Waals surface area contributed by atoms with Crippen LogP contribution in [0.4, 0.5) is 14.0 Å². The largest absolute Gasteiger partial charge is 0.445 e. The molecular formula is C27H31FN6O5. The van der Waals surface area contributed by atoms with Crippen molar-refractivity contribution in [3.8, 4) is 5.82 Å². The fourth-order valence-corrected chi connectivity index (χ4v) is 3.93. The quantitative estimate of drug-likeness (QED) is 0.471. The van der Waals surface area contributed by atoms with Gasteiger partial charge in [0, 0.05) is 6.20 Å². The minimum Gasteiger partial charge on any atom is -0.445 e. The first-order valence-electron chi connectivity index (χ1n) is 12.4. The second-order valence-corrected chi connectivity index (χ2v) is 10.4. The Hall–Kier alpha value is -4.48. The van der Waals surface area contributed by atoms with Gasteiger partial charge in [-0.15, -0.1) is 0 Å². The number of nitrogens with one attached hydrogen (secondary N) is 2. The second-order valence-electron chi connectivity index (χ2n) is 10.4. The molecule has 0 saturated carbocycles. The summed E-state index contributed by atoms with van der Waals surface area (Å²) in [4.78, 5) is 44.3. The van der Waals surface area contributed by atoms with E-state index in [1.54, 1.807) is 46.0 Å². The molecule has 1 aromatic carbocycles. The predicted octanol–water partition coefficient (Wildman–Crippen LogP) is 3.50. The Bertz CT molecular complexity index is 1320. The highest BCUT2D eigenvalue weighted by Gasteiger charge is 2.54. The minimum atomic E-state index is -1.42. The highest BCUT2D eigenvalue weighted by Crippen LogP contribution is 2.26. The molecule has 3 aromatic rings. The molecule has 0 spiro atoms. The summed E-state index contributed by atoms with van der Waals surface area (Å²) in [6.45, 7) is 6.82. The van der Waals surface area contributed by atoms with Crippen LogP contribution in [0.25, 0.3) is 5.82 Å². The third-order valence-corrected chi connectivity index (χ3v) is 5.97. The number of pyridine rings is 1. The molecular weight excluding hydrogens is 507 g/mol. The number of likely N-dealkylation sites (tertiary alicyclic amines) is 1. The topological polar surface area (TPSA) is 128 Å². The van der Waals surface area contributed by atoms with Crippen LogP contribution in [0, 0.1) is 5.82 Å². The summed E-state index contributed by atoms with van der Waals surface area (Å²) in [6, 6.07) is 12.0. The van der Waals surface area contributed by atoms with Crippen molar-refractivity contribution in [2.75, 3.05) is 13.1 Å². The molecule has 1 atom stereocenters. The van der Waals surface area contributed by atoms with E-state index in [1.165, 1.54) is 15.8 Å². The second kappa shape index (κ2) is 11.1. The van der Waals surface area contributed by atoms with Gasteiger partial charge in [0.1, 0.15) is 12.2 Å². The van der Waals surface area contributed by atoms with Crippen molar-refractivity contribution in [1.29, 1.82) is 0 Å². The maximum atomic E-state index is 13.4. The Morgan fingerprint density at radius 2 is 1.82 bits per heavy atom. The molecule has 2 N–H and O–H groups in total. The fourth-order valence-electron chi connectivity index (χ4n) is 3.93. The van der Waals surface area contributed by atoms with Crippen LogP contribution >= 0.6 is 0 Å². The highest BCUT2D eigenvalue weighted by atomic mass is 19.1. The lowest BCUT2D eigenvalue weighted by atomic mass is 9.88. The van der Waals surface area contributed by atoms with Crippen LogP contribution in [0.1, 0.15) is 44.9 Å². The van der Waals surface area contributed by atoms with E-state index in [0.717, 1.165) is 11.8 Å². The summed E-state index contributed by atoms with van der Waals surface area (Å²) in [6.07, 6.45) is 2.44. The van der Waals surface area contributed by atoms with Crippen molar-refractivity contribution in [2.24, 2.45) is 0 Å². The maximum absolute atomic E-state index is 13.4. The number of carbonyl (C=O) groups is 3. The van der Waals surface area contributed by atoms with Gasteiger partial charge in [-0.25, -0.2) is 23.6 Å².